The summed E-state index contributed by atoms with van der Waals surface area (Å²) < 4.78 is 5.36. The molecule has 24 heavy (non-hydrogen) atoms. The van der Waals surface area contributed by atoms with Gasteiger partial charge in [0.15, 0.2) is 0 Å². The second-order valence-corrected chi connectivity index (χ2v) is 6.56. The molecule has 0 N–H and O–H groups in total. The first-order valence-corrected chi connectivity index (χ1v) is 8.71. The maximum atomic E-state index is 11.2. The summed E-state index contributed by atoms with van der Waals surface area (Å²) in [5, 5.41) is 11.2. The van der Waals surface area contributed by atoms with E-state index < -0.39 is 0 Å². The Morgan fingerprint density at radius 2 is 1.88 bits per heavy atom. The highest BCUT2D eigenvalue weighted by Crippen LogP contribution is 2.31. The summed E-state index contributed by atoms with van der Waals surface area (Å²) in [6.45, 7) is 0. The number of aryl methyl sites for hydroxylation is 1. The van der Waals surface area contributed by atoms with E-state index in [-0.39, 0.29) is 10.6 Å². The first kappa shape index (κ1) is 16.3. The molecule has 0 aliphatic heterocycles. The molecule has 0 unspecified atom stereocenters. The van der Waals surface area contributed by atoms with Crippen molar-refractivity contribution >= 4 is 17.4 Å². The lowest BCUT2D eigenvalue weighted by atomic mass is 10.1. The molecule has 3 rings (SSSR count). The highest BCUT2D eigenvalue weighted by atomic mass is 32.2. The van der Waals surface area contributed by atoms with Gasteiger partial charge in [-0.2, -0.15) is 0 Å². The number of nitrogens with zero attached hydrogens (tertiary/aromatic N) is 1. The number of thioether (sulfide) groups is 1. The van der Waals surface area contributed by atoms with E-state index in [9.17, 15) is 10.1 Å². The fourth-order valence-electron chi connectivity index (χ4n) is 2.47. The van der Waals surface area contributed by atoms with Gasteiger partial charge in [0.25, 0.3) is 5.69 Å². The van der Waals surface area contributed by atoms with E-state index in [4.69, 9.17) is 4.42 Å². The van der Waals surface area contributed by atoms with E-state index >= 15 is 0 Å². The van der Waals surface area contributed by atoms with Crippen LogP contribution in [0.25, 0.3) is 11.3 Å². The van der Waals surface area contributed by atoms with Gasteiger partial charge in [-0.3, -0.25) is 10.1 Å². The predicted octanol–water partition coefficient (Wildman–Crippen LogP) is 5.58. The molecule has 0 aliphatic carbocycles. The van der Waals surface area contributed by atoms with Crippen LogP contribution in [0.15, 0.2) is 76.2 Å². The normalized spacial score (nSPS) is 10.7. The molecule has 1 aromatic heterocycles. The third-order valence-corrected chi connectivity index (χ3v) is 4.69. The highest BCUT2D eigenvalue weighted by molar-refractivity contribution is 7.99. The summed E-state index contributed by atoms with van der Waals surface area (Å²) in [7, 11) is 0. The van der Waals surface area contributed by atoms with Crippen molar-refractivity contribution in [2.45, 2.75) is 17.7 Å². The van der Waals surface area contributed by atoms with E-state index in [1.165, 1.54) is 5.56 Å². The standard InChI is InChI=1S/C19H17NO3S/c21-20(22)17-12-16(19-9-4-10-23-19)13-18(14-17)24-11-5-8-15-6-2-1-3-7-15/h1-4,6-7,9-10,12-14H,5,8,11H2. The minimum atomic E-state index is -0.361. The van der Waals surface area contributed by atoms with E-state index in [0.717, 1.165) is 29.1 Å². The zero-order valence-corrected chi connectivity index (χ0v) is 13.9. The van der Waals surface area contributed by atoms with Crippen molar-refractivity contribution in [2.75, 3.05) is 5.75 Å². The smallest absolute Gasteiger partial charge is 0.271 e. The second-order valence-electron chi connectivity index (χ2n) is 5.39. The zero-order valence-electron chi connectivity index (χ0n) is 13.1. The van der Waals surface area contributed by atoms with Crippen LogP contribution < -0.4 is 0 Å². The number of benzene rings is 2. The summed E-state index contributed by atoms with van der Waals surface area (Å²) in [4.78, 5) is 11.7. The molecule has 3 aromatic rings. The van der Waals surface area contributed by atoms with Gasteiger partial charge in [-0.1, -0.05) is 30.3 Å². The molecule has 0 saturated heterocycles. The average molecular weight is 339 g/mol. The molecule has 0 amide bonds. The lowest BCUT2D eigenvalue weighted by Crippen LogP contribution is -1.91. The average Bonchev–Trinajstić information content (AvgIpc) is 3.14. The Morgan fingerprint density at radius 1 is 1.04 bits per heavy atom. The van der Waals surface area contributed by atoms with Gasteiger partial charge >= 0.3 is 0 Å². The minimum Gasteiger partial charge on any atom is -0.464 e. The molecule has 0 fully saturated rings. The van der Waals surface area contributed by atoms with E-state index in [1.54, 1.807) is 36.2 Å². The lowest BCUT2D eigenvalue weighted by molar-refractivity contribution is -0.385. The molecule has 0 spiro atoms. The largest absolute Gasteiger partial charge is 0.464 e. The number of furan rings is 1. The molecule has 1 heterocycles. The fourth-order valence-corrected chi connectivity index (χ4v) is 3.41. The van der Waals surface area contributed by atoms with Crippen LogP contribution in [0, 0.1) is 10.1 Å². The van der Waals surface area contributed by atoms with Crippen LogP contribution in [0.1, 0.15) is 12.0 Å². The van der Waals surface area contributed by atoms with Gasteiger partial charge in [-0.05, 0) is 42.4 Å². The van der Waals surface area contributed by atoms with Crippen molar-refractivity contribution in [3.05, 3.63) is 82.6 Å². The van der Waals surface area contributed by atoms with E-state index in [0.29, 0.717) is 5.76 Å². The first-order valence-electron chi connectivity index (χ1n) is 7.72. The van der Waals surface area contributed by atoms with Crippen molar-refractivity contribution in [3.8, 4) is 11.3 Å². The van der Waals surface area contributed by atoms with Crippen LogP contribution in [0.4, 0.5) is 5.69 Å². The molecule has 5 heteroatoms. The molecule has 0 saturated carbocycles. The molecule has 0 atom stereocenters. The molecule has 0 bridgehead atoms. The molecule has 2 aromatic carbocycles. The maximum absolute atomic E-state index is 11.2. The van der Waals surface area contributed by atoms with Crippen molar-refractivity contribution in [2.24, 2.45) is 0 Å². The van der Waals surface area contributed by atoms with Gasteiger partial charge in [0.05, 0.1) is 11.2 Å². The summed E-state index contributed by atoms with van der Waals surface area (Å²) in [6, 6.07) is 19.0. The van der Waals surface area contributed by atoms with Crippen LogP contribution in [-0.2, 0) is 6.42 Å². The third kappa shape index (κ3) is 4.26. The van der Waals surface area contributed by atoms with Gasteiger partial charge in [0.2, 0.25) is 0 Å². The summed E-state index contributed by atoms with van der Waals surface area (Å²) in [5.74, 6) is 1.55. The Morgan fingerprint density at radius 3 is 2.58 bits per heavy atom. The Hall–Kier alpha value is -2.53. The SMILES string of the molecule is O=[N+]([O-])c1cc(SCCCc2ccccc2)cc(-c2ccco2)c1. The lowest BCUT2D eigenvalue weighted by Gasteiger charge is -2.05. The van der Waals surface area contributed by atoms with Crippen LogP contribution in [0.2, 0.25) is 0 Å². The number of rotatable bonds is 7. The number of hydrogen-bond acceptors (Lipinski definition) is 4. The molecule has 4 nitrogen and oxygen atoms in total. The van der Waals surface area contributed by atoms with Gasteiger partial charge in [0, 0.05) is 22.6 Å². The summed E-state index contributed by atoms with van der Waals surface area (Å²) >= 11 is 1.64. The van der Waals surface area contributed by atoms with E-state index in [2.05, 4.69) is 12.1 Å². The van der Waals surface area contributed by atoms with Gasteiger partial charge < -0.3 is 4.42 Å². The Kier molecular flexibility index (Phi) is 5.33. The molecule has 122 valence electrons. The van der Waals surface area contributed by atoms with E-state index in [1.807, 2.05) is 30.3 Å². The minimum absolute atomic E-state index is 0.0921. The Labute approximate surface area is 144 Å². The van der Waals surface area contributed by atoms with Crippen molar-refractivity contribution in [1.29, 1.82) is 0 Å². The molecule has 0 radical (unpaired) electrons. The van der Waals surface area contributed by atoms with Crippen LogP contribution >= 0.6 is 11.8 Å². The maximum Gasteiger partial charge on any atom is 0.271 e. The van der Waals surface area contributed by atoms with Gasteiger partial charge in [-0.15, -0.1) is 11.8 Å². The van der Waals surface area contributed by atoms with Gasteiger partial charge in [0.1, 0.15) is 5.76 Å². The van der Waals surface area contributed by atoms with Crippen molar-refractivity contribution < 1.29 is 9.34 Å². The second kappa shape index (κ2) is 7.84. The van der Waals surface area contributed by atoms with Crippen molar-refractivity contribution in [3.63, 3.8) is 0 Å². The quantitative estimate of drug-likeness (QED) is 0.244. The first-order chi connectivity index (χ1) is 11.7. The van der Waals surface area contributed by atoms with Crippen molar-refractivity contribution in [1.82, 2.24) is 0 Å². The van der Waals surface area contributed by atoms with Crippen LogP contribution in [0.3, 0.4) is 0 Å². The number of non-ortho nitro benzene ring substituents is 1. The number of nitro benzene ring substituents is 1. The fraction of sp³-hybridized carbons (Fsp3) is 0.158. The summed E-state index contributed by atoms with van der Waals surface area (Å²) in [5.41, 5.74) is 2.14. The summed E-state index contributed by atoms with van der Waals surface area (Å²) in [6.07, 6.45) is 3.60. The Bertz CT molecular complexity index is 801. The number of nitro groups is 1. The van der Waals surface area contributed by atoms with Crippen LogP contribution in [0.5, 0.6) is 0 Å². The van der Waals surface area contributed by atoms with Gasteiger partial charge in [-0.25, -0.2) is 0 Å². The molecular weight excluding hydrogens is 322 g/mol. The molecular formula is C19H17NO3S. The number of hydrogen-bond donors (Lipinski definition) is 0. The topological polar surface area (TPSA) is 56.3 Å². The Balaban J connectivity index is 1.67. The monoisotopic (exact) mass is 339 g/mol. The predicted molar refractivity (Wildman–Crippen MR) is 96.3 cm³/mol. The third-order valence-electron chi connectivity index (χ3n) is 3.63. The zero-order chi connectivity index (χ0) is 16.8. The highest BCUT2D eigenvalue weighted by Gasteiger charge is 2.12. The molecule has 0 aliphatic rings. The van der Waals surface area contributed by atoms with Crippen LogP contribution in [-0.4, -0.2) is 10.7 Å².